The topological polar surface area (TPSA) is 33.1 Å². The van der Waals surface area contributed by atoms with Gasteiger partial charge in [0.25, 0.3) is 0 Å². The molecule has 0 spiro atoms. The summed E-state index contributed by atoms with van der Waals surface area (Å²) in [6, 6.07) is 5.89. The third-order valence-electron chi connectivity index (χ3n) is 2.36. The Labute approximate surface area is 107 Å². The Morgan fingerprint density at radius 3 is 2.94 bits per heavy atom. The lowest BCUT2D eigenvalue weighted by molar-refractivity contribution is 0.0614. The van der Waals surface area contributed by atoms with Crippen molar-refractivity contribution in [2.24, 2.45) is 0 Å². The third-order valence-corrected chi connectivity index (χ3v) is 3.92. The molecule has 0 aromatic carbocycles. The molecule has 1 N–H and O–H groups in total. The number of hydrogen-bond donors (Lipinski definition) is 1. The number of nitrogens with zero attached hydrogens (tertiary/aromatic N) is 1. The Bertz CT molecular complexity index is 468. The molecule has 2 aromatic heterocycles. The SMILES string of the molecule is CC(O)(Cc1cncc(Br)c1)c1cccs1. The second-order valence-corrected chi connectivity index (χ2v) is 5.80. The molecule has 0 fully saturated rings. The van der Waals surface area contributed by atoms with Crippen LogP contribution in [0, 0.1) is 0 Å². The van der Waals surface area contributed by atoms with Crippen LogP contribution in [0.1, 0.15) is 17.4 Å². The van der Waals surface area contributed by atoms with Gasteiger partial charge in [-0.1, -0.05) is 6.07 Å². The van der Waals surface area contributed by atoms with E-state index in [1.54, 1.807) is 23.7 Å². The Morgan fingerprint density at radius 1 is 1.50 bits per heavy atom. The molecule has 0 radical (unpaired) electrons. The first kappa shape index (κ1) is 11.8. The molecular weight excluding hydrogens is 286 g/mol. The smallest absolute Gasteiger partial charge is 0.100 e. The maximum atomic E-state index is 10.4. The molecule has 0 saturated carbocycles. The van der Waals surface area contributed by atoms with Gasteiger partial charge in [0.05, 0.1) is 0 Å². The lowest BCUT2D eigenvalue weighted by Gasteiger charge is -2.21. The molecule has 0 aliphatic heterocycles. The van der Waals surface area contributed by atoms with E-state index in [4.69, 9.17) is 0 Å². The van der Waals surface area contributed by atoms with Gasteiger partial charge in [-0.3, -0.25) is 4.98 Å². The van der Waals surface area contributed by atoms with Gasteiger partial charge in [0.15, 0.2) is 0 Å². The molecule has 16 heavy (non-hydrogen) atoms. The molecule has 1 unspecified atom stereocenters. The van der Waals surface area contributed by atoms with Gasteiger partial charge in [-0.2, -0.15) is 0 Å². The maximum Gasteiger partial charge on any atom is 0.100 e. The van der Waals surface area contributed by atoms with Crippen LogP contribution in [0.25, 0.3) is 0 Å². The molecule has 4 heteroatoms. The van der Waals surface area contributed by atoms with Gasteiger partial charge in [-0.15, -0.1) is 11.3 Å². The number of rotatable bonds is 3. The molecule has 2 aromatic rings. The highest BCUT2D eigenvalue weighted by Gasteiger charge is 2.24. The molecule has 1 atom stereocenters. The van der Waals surface area contributed by atoms with Crippen molar-refractivity contribution in [1.82, 2.24) is 4.98 Å². The summed E-state index contributed by atoms with van der Waals surface area (Å²) >= 11 is 4.95. The standard InChI is InChI=1S/C12H12BrNOS/c1-12(15,11-3-2-4-16-11)6-9-5-10(13)8-14-7-9/h2-5,7-8,15H,6H2,1H3. The third kappa shape index (κ3) is 2.70. The first-order valence-electron chi connectivity index (χ1n) is 4.94. The zero-order chi connectivity index (χ0) is 11.6. The number of thiophene rings is 1. The molecule has 0 aliphatic rings. The number of halogens is 1. The van der Waals surface area contributed by atoms with Crippen molar-refractivity contribution in [2.45, 2.75) is 18.9 Å². The normalized spacial score (nSPS) is 14.7. The van der Waals surface area contributed by atoms with Crippen molar-refractivity contribution in [3.05, 3.63) is 50.9 Å². The van der Waals surface area contributed by atoms with E-state index < -0.39 is 5.60 Å². The highest BCUT2D eigenvalue weighted by Crippen LogP contribution is 2.29. The van der Waals surface area contributed by atoms with Crippen LogP contribution in [0.4, 0.5) is 0 Å². The van der Waals surface area contributed by atoms with Crippen molar-refractivity contribution in [3.63, 3.8) is 0 Å². The van der Waals surface area contributed by atoms with Gasteiger partial charge < -0.3 is 5.11 Å². The van der Waals surface area contributed by atoms with Crippen molar-refractivity contribution < 1.29 is 5.11 Å². The molecule has 0 saturated heterocycles. The van der Waals surface area contributed by atoms with E-state index in [1.165, 1.54) is 0 Å². The van der Waals surface area contributed by atoms with Crippen molar-refractivity contribution >= 4 is 27.3 Å². The molecule has 0 bridgehead atoms. The van der Waals surface area contributed by atoms with Gasteiger partial charge in [-0.25, -0.2) is 0 Å². The number of aromatic nitrogens is 1. The maximum absolute atomic E-state index is 10.4. The predicted molar refractivity (Wildman–Crippen MR) is 69.5 cm³/mol. The summed E-state index contributed by atoms with van der Waals surface area (Å²) in [5, 5.41) is 12.4. The highest BCUT2D eigenvalue weighted by molar-refractivity contribution is 9.10. The Hall–Kier alpha value is -0.710. The summed E-state index contributed by atoms with van der Waals surface area (Å²) < 4.78 is 0.937. The fourth-order valence-corrected chi connectivity index (χ4v) is 2.82. The molecule has 0 aliphatic carbocycles. The first-order chi connectivity index (χ1) is 7.58. The van der Waals surface area contributed by atoms with E-state index >= 15 is 0 Å². The minimum atomic E-state index is -0.823. The second-order valence-electron chi connectivity index (χ2n) is 3.94. The average molecular weight is 298 g/mol. The number of aliphatic hydroxyl groups is 1. The minimum absolute atomic E-state index is 0.569. The van der Waals surface area contributed by atoms with Gasteiger partial charge in [0, 0.05) is 28.2 Å². The highest BCUT2D eigenvalue weighted by atomic mass is 79.9. The first-order valence-corrected chi connectivity index (χ1v) is 6.61. The monoisotopic (exact) mass is 297 g/mol. The number of pyridine rings is 1. The van der Waals surface area contributed by atoms with Crippen LogP contribution in [0.15, 0.2) is 40.4 Å². The Balaban J connectivity index is 2.21. The lowest BCUT2D eigenvalue weighted by Crippen LogP contribution is -2.22. The summed E-state index contributed by atoms with van der Waals surface area (Å²) in [4.78, 5) is 5.07. The van der Waals surface area contributed by atoms with E-state index in [-0.39, 0.29) is 0 Å². The van der Waals surface area contributed by atoms with Crippen LogP contribution < -0.4 is 0 Å². The minimum Gasteiger partial charge on any atom is -0.384 e. The molecular formula is C12H12BrNOS. The Kier molecular flexibility index (Phi) is 3.42. The summed E-state index contributed by atoms with van der Waals surface area (Å²) in [5.74, 6) is 0. The van der Waals surface area contributed by atoms with Gasteiger partial charge >= 0.3 is 0 Å². The summed E-state index contributed by atoms with van der Waals surface area (Å²) in [6.45, 7) is 1.83. The lowest BCUT2D eigenvalue weighted by atomic mass is 9.96. The van der Waals surface area contributed by atoms with Gasteiger partial charge in [-0.05, 0) is 45.9 Å². The largest absolute Gasteiger partial charge is 0.384 e. The van der Waals surface area contributed by atoms with Crippen LogP contribution in [0.2, 0.25) is 0 Å². The van der Waals surface area contributed by atoms with Gasteiger partial charge in [0.1, 0.15) is 5.60 Å². The van der Waals surface area contributed by atoms with E-state index in [9.17, 15) is 5.11 Å². The van der Waals surface area contributed by atoms with Crippen LogP contribution in [-0.2, 0) is 12.0 Å². The summed E-state index contributed by atoms with van der Waals surface area (Å²) in [7, 11) is 0. The van der Waals surface area contributed by atoms with E-state index in [0.29, 0.717) is 6.42 Å². The van der Waals surface area contributed by atoms with E-state index in [1.807, 2.05) is 30.5 Å². The van der Waals surface area contributed by atoms with E-state index in [0.717, 1.165) is 14.9 Å². The molecule has 2 heterocycles. The molecule has 2 nitrogen and oxygen atoms in total. The summed E-state index contributed by atoms with van der Waals surface area (Å²) in [6.07, 6.45) is 4.09. The Morgan fingerprint density at radius 2 is 2.31 bits per heavy atom. The van der Waals surface area contributed by atoms with Crippen LogP contribution >= 0.6 is 27.3 Å². The van der Waals surface area contributed by atoms with Crippen molar-refractivity contribution in [2.75, 3.05) is 0 Å². The molecule has 0 amide bonds. The van der Waals surface area contributed by atoms with Gasteiger partial charge in [0.2, 0.25) is 0 Å². The second kappa shape index (κ2) is 4.65. The predicted octanol–water partition coefficient (Wildman–Crippen LogP) is 3.36. The fourth-order valence-electron chi connectivity index (χ4n) is 1.62. The zero-order valence-corrected chi connectivity index (χ0v) is 11.3. The van der Waals surface area contributed by atoms with Crippen LogP contribution in [0.5, 0.6) is 0 Å². The zero-order valence-electron chi connectivity index (χ0n) is 8.85. The number of hydrogen-bond acceptors (Lipinski definition) is 3. The summed E-state index contributed by atoms with van der Waals surface area (Å²) in [5.41, 5.74) is 0.198. The van der Waals surface area contributed by atoms with E-state index in [2.05, 4.69) is 20.9 Å². The average Bonchev–Trinajstić information content (AvgIpc) is 2.69. The van der Waals surface area contributed by atoms with Crippen LogP contribution in [0.3, 0.4) is 0 Å². The van der Waals surface area contributed by atoms with Crippen LogP contribution in [-0.4, -0.2) is 10.1 Å². The fraction of sp³-hybridized carbons (Fsp3) is 0.250. The van der Waals surface area contributed by atoms with Crippen molar-refractivity contribution in [1.29, 1.82) is 0 Å². The van der Waals surface area contributed by atoms with Crippen molar-refractivity contribution in [3.8, 4) is 0 Å². The molecule has 2 rings (SSSR count). The molecule has 84 valence electrons. The quantitative estimate of drug-likeness (QED) is 0.942.